The first-order valence-electron chi connectivity index (χ1n) is 8.13. The van der Waals surface area contributed by atoms with Crippen LogP contribution in [0, 0.1) is 17.0 Å². The van der Waals surface area contributed by atoms with Crippen molar-refractivity contribution < 1.29 is 9.72 Å². The number of aromatic nitrogens is 3. The first-order chi connectivity index (χ1) is 13.5. The Morgan fingerprint density at radius 2 is 2.11 bits per heavy atom. The Balaban J connectivity index is 1.61. The summed E-state index contributed by atoms with van der Waals surface area (Å²) in [4.78, 5) is 32.6. The van der Waals surface area contributed by atoms with Gasteiger partial charge in [0.25, 0.3) is 11.6 Å². The van der Waals surface area contributed by atoms with E-state index in [0.717, 1.165) is 16.7 Å². The lowest BCUT2D eigenvalue weighted by Crippen LogP contribution is -2.22. The number of nitrogens with zero attached hydrogens (tertiary/aromatic N) is 4. The molecular formula is C18H13N5O3S2. The average molecular weight is 411 g/mol. The van der Waals surface area contributed by atoms with Gasteiger partial charge in [0.1, 0.15) is 6.33 Å². The second-order valence-electron chi connectivity index (χ2n) is 5.84. The second-order valence-corrected chi connectivity index (χ2v) is 7.99. The van der Waals surface area contributed by atoms with Gasteiger partial charge in [0, 0.05) is 22.7 Å². The van der Waals surface area contributed by atoms with Gasteiger partial charge in [-0.15, -0.1) is 11.3 Å². The number of imidazole rings is 1. The van der Waals surface area contributed by atoms with E-state index in [1.807, 2.05) is 36.6 Å². The van der Waals surface area contributed by atoms with Crippen LogP contribution in [0.5, 0.6) is 0 Å². The molecule has 1 amide bonds. The molecule has 2 aromatic heterocycles. The first kappa shape index (κ1) is 18.1. The van der Waals surface area contributed by atoms with Crippen LogP contribution in [-0.2, 0) is 0 Å². The summed E-state index contributed by atoms with van der Waals surface area (Å²) in [6.07, 6.45) is 1.49. The molecule has 0 saturated heterocycles. The third kappa shape index (κ3) is 3.59. The van der Waals surface area contributed by atoms with E-state index in [0.29, 0.717) is 9.24 Å². The van der Waals surface area contributed by atoms with Gasteiger partial charge in [-0.3, -0.25) is 20.3 Å². The van der Waals surface area contributed by atoms with Gasteiger partial charge in [0.05, 0.1) is 20.9 Å². The van der Waals surface area contributed by atoms with E-state index in [1.54, 1.807) is 12.1 Å². The Bertz CT molecular complexity index is 1200. The molecule has 0 radical (unpaired) electrons. The number of rotatable bonds is 5. The molecule has 140 valence electrons. The molecule has 0 fully saturated rings. The van der Waals surface area contributed by atoms with E-state index >= 15 is 0 Å². The number of aryl methyl sites for hydroxylation is 1. The van der Waals surface area contributed by atoms with Gasteiger partial charge in [0.15, 0.2) is 4.34 Å². The van der Waals surface area contributed by atoms with Crippen molar-refractivity contribution in [3.63, 3.8) is 0 Å². The van der Waals surface area contributed by atoms with Crippen molar-refractivity contribution in [3.8, 4) is 0 Å². The number of thiazole rings is 1. The van der Waals surface area contributed by atoms with Crippen molar-refractivity contribution in [2.75, 3.05) is 5.43 Å². The van der Waals surface area contributed by atoms with Crippen molar-refractivity contribution in [1.82, 2.24) is 14.6 Å². The number of amides is 1. The van der Waals surface area contributed by atoms with Crippen LogP contribution in [0.4, 0.5) is 5.69 Å². The summed E-state index contributed by atoms with van der Waals surface area (Å²) in [5.41, 5.74) is 5.07. The van der Waals surface area contributed by atoms with E-state index in [9.17, 15) is 14.9 Å². The lowest BCUT2D eigenvalue weighted by molar-refractivity contribution is -0.387. The molecule has 2 aromatic carbocycles. The topological polar surface area (TPSA) is 103 Å². The highest BCUT2D eigenvalue weighted by Gasteiger charge is 2.20. The van der Waals surface area contributed by atoms with Crippen molar-refractivity contribution in [2.45, 2.75) is 16.2 Å². The largest absolute Gasteiger partial charge is 0.284 e. The lowest BCUT2D eigenvalue weighted by atomic mass is 10.2. The van der Waals surface area contributed by atoms with E-state index in [-0.39, 0.29) is 11.3 Å². The third-order valence-corrected chi connectivity index (χ3v) is 6.01. The van der Waals surface area contributed by atoms with Crippen molar-refractivity contribution >= 4 is 45.7 Å². The fourth-order valence-corrected chi connectivity index (χ4v) is 4.46. The molecule has 0 unspecified atom stereocenters. The maximum absolute atomic E-state index is 12.6. The number of carbonyl (C=O) groups excluding carboxylic acids is 1. The number of benzene rings is 2. The summed E-state index contributed by atoms with van der Waals surface area (Å²) in [5, 5.41) is 13.4. The van der Waals surface area contributed by atoms with Crippen LogP contribution in [0.1, 0.15) is 16.1 Å². The summed E-state index contributed by atoms with van der Waals surface area (Å²) in [6.45, 7) is 1.86. The Hall–Kier alpha value is -3.24. The smallest absolute Gasteiger partial charge is 0.267 e. The number of nitrogens with one attached hydrogen (secondary N) is 1. The van der Waals surface area contributed by atoms with Crippen molar-refractivity contribution in [2.24, 2.45) is 0 Å². The molecule has 0 atom stereocenters. The second kappa shape index (κ2) is 7.41. The minimum absolute atomic E-state index is 0.138. The molecule has 4 aromatic rings. The third-order valence-electron chi connectivity index (χ3n) is 3.89. The van der Waals surface area contributed by atoms with Gasteiger partial charge >= 0.3 is 0 Å². The number of para-hydroxylation sites is 2. The van der Waals surface area contributed by atoms with E-state index in [1.165, 1.54) is 40.2 Å². The standard InChI is InChI=1S/C18H13N5O3S2/c1-11-9-27-18(20-11)28-16-7-6-12(8-15(16)23(25)26)17(24)21-22-10-19-13-4-2-3-5-14(13)22/h2-10H,1H3,(H,21,24). The van der Waals surface area contributed by atoms with E-state index in [2.05, 4.69) is 15.4 Å². The fraction of sp³-hybridized carbons (Fsp3) is 0.0556. The maximum Gasteiger partial charge on any atom is 0.284 e. The van der Waals surface area contributed by atoms with Crippen LogP contribution in [0.2, 0.25) is 0 Å². The van der Waals surface area contributed by atoms with E-state index in [4.69, 9.17) is 0 Å². The zero-order valence-electron chi connectivity index (χ0n) is 14.5. The fourth-order valence-electron chi connectivity index (χ4n) is 2.58. The molecule has 8 nitrogen and oxygen atoms in total. The Kier molecular flexibility index (Phi) is 4.80. The lowest BCUT2D eigenvalue weighted by Gasteiger charge is -2.08. The zero-order chi connectivity index (χ0) is 19.7. The molecule has 0 aliphatic rings. The molecule has 1 N–H and O–H groups in total. The van der Waals surface area contributed by atoms with Crippen LogP contribution < -0.4 is 5.43 Å². The van der Waals surface area contributed by atoms with Crippen molar-refractivity contribution in [1.29, 1.82) is 0 Å². The predicted molar refractivity (Wildman–Crippen MR) is 107 cm³/mol. The van der Waals surface area contributed by atoms with Crippen LogP contribution in [0.25, 0.3) is 11.0 Å². The van der Waals surface area contributed by atoms with Crippen LogP contribution >= 0.6 is 23.1 Å². The Morgan fingerprint density at radius 1 is 1.29 bits per heavy atom. The van der Waals surface area contributed by atoms with E-state index < -0.39 is 10.8 Å². The Morgan fingerprint density at radius 3 is 2.86 bits per heavy atom. The van der Waals surface area contributed by atoms with Gasteiger partial charge in [-0.2, -0.15) is 0 Å². The minimum Gasteiger partial charge on any atom is -0.267 e. The van der Waals surface area contributed by atoms with Crippen LogP contribution in [0.3, 0.4) is 0 Å². The van der Waals surface area contributed by atoms with Crippen molar-refractivity contribution in [3.05, 3.63) is 75.5 Å². The maximum atomic E-state index is 12.6. The van der Waals surface area contributed by atoms with Gasteiger partial charge in [-0.05, 0) is 31.2 Å². The number of nitro groups is 1. The summed E-state index contributed by atoms with van der Waals surface area (Å²) in [7, 11) is 0. The molecule has 2 heterocycles. The van der Waals surface area contributed by atoms with Crippen LogP contribution in [0.15, 0.2) is 63.4 Å². The van der Waals surface area contributed by atoms with Gasteiger partial charge in [0.2, 0.25) is 0 Å². The SMILES string of the molecule is Cc1csc(Sc2ccc(C(=O)Nn3cnc4ccccc43)cc2[N+](=O)[O-])n1. The molecule has 4 rings (SSSR count). The number of nitro benzene ring substituents is 1. The molecule has 0 bridgehead atoms. The highest BCUT2D eigenvalue weighted by molar-refractivity contribution is 8.01. The Labute approximate surface area is 167 Å². The van der Waals surface area contributed by atoms with Gasteiger partial charge in [-0.1, -0.05) is 23.9 Å². The number of hydrogen-bond donors (Lipinski definition) is 1. The monoisotopic (exact) mass is 411 g/mol. The normalized spacial score (nSPS) is 10.9. The molecule has 0 aliphatic heterocycles. The summed E-state index contributed by atoms with van der Waals surface area (Å²) < 4.78 is 2.20. The van der Waals surface area contributed by atoms with Crippen LogP contribution in [-0.4, -0.2) is 25.5 Å². The molecule has 0 spiro atoms. The predicted octanol–water partition coefficient (Wildman–Crippen LogP) is 4.24. The average Bonchev–Trinajstić information content (AvgIpc) is 3.28. The van der Waals surface area contributed by atoms with Gasteiger partial charge in [-0.25, -0.2) is 14.6 Å². The summed E-state index contributed by atoms with van der Waals surface area (Å²) >= 11 is 2.63. The summed E-state index contributed by atoms with van der Waals surface area (Å²) in [6, 6.07) is 11.7. The highest BCUT2D eigenvalue weighted by Crippen LogP contribution is 2.36. The molecule has 10 heteroatoms. The quantitative estimate of drug-likeness (QED) is 0.389. The van der Waals surface area contributed by atoms with Gasteiger partial charge < -0.3 is 0 Å². The molecule has 0 saturated carbocycles. The molecule has 0 aliphatic carbocycles. The number of hydrogen-bond acceptors (Lipinski definition) is 7. The minimum atomic E-state index is -0.494. The zero-order valence-corrected chi connectivity index (χ0v) is 16.2. The number of carbonyl (C=O) groups is 1. The molecular weight excluding hydrogens is 398 g/mol. The highest BCUT2D eigenvalue weighted by atomic mass is 32.2. The summed E-state index contributed by atoms with van der Waals surface area (Å²) in [5.74, 6) is -0.465. The number of fused-ring (bicyclic) bond motifs is 1. The first-order valence-corrected chi connectivity index (χ1v) is 9.83. The molecule has 28 heavy (non-hydrogen) atoms.